The summed E-state index contributed by atoms with van der Waals surface area (Å²) in [5.41, 5.74) is 6.56. The Bertz CT molecular complexity index is 1230. The Hall–Kier alpha value is -3.44. The maximum absolute atomic E-state index is 15.1. The second-order valence-corrected chi connectivity index (χ2v) is 8.94. The van der Waals surface area contributed by atoms with Crippen LogP contribution in [0.25, 0.3) is 0 Å². The van der Waals surface area contributed by atoms with Crippen LogP contribution in [0.3, 0.4) is 0 Å². The van der Waals surface area contributed by atoms with Crippen molar-refractivity contribution in [2.24, 2.45) is 17.1 Å². The van der Waals surface area contributed by atoms with Crippen molar-refractivity contribution in [3.8, 4) is 18.2 Å². The van der Waals surface area contributed by atoms with Gasteiger partial charge in [-0.3, -0.25) is 4.90 Å². The van der Waals surface area contributed by atoms with Gasteiger partial charge >= 0.3 is 0 Å². The van der Waals surface area contributed by atoms with Gasteiger partial charge in [0.1, 0.15) is 5.82 Å². The monoisotopic (exact) mass is 487 g/mol. The molecule has 0 saturated heterocycles. The Morgan fingerprint density at radius 1 is 1.12 bits per heavy atom. The lowest BCUT2D eigenvalue weighted by molar-refractivity contribution is 0.200. The van der Waals surface area contributed by atoms with Gasteiger partial charge in [-0.2, -0.15) is 15.8 Å². The maximum atomic E-state index is 15.1. The SMILES string of the molecule is N#CC1=C(N)C2=CCN(Cc3ccccc3)CC2C(c2cc(Br)ccc2F)C1(C#N)C#N. The van der Waals surface area contributed by atoms with E-state index in [2.05, 4.69) is 20.8 Å². The number of nitrogens with two attached hydrogens (primary N) is 1. The van der Waals surface area contributed by atoms with Gasteiger partial charge in [-0.15, -0.1) is 0 Å². The Balaban J connectivity index is 1.89. The number of halogens is 2. The predicted molar refractivity (Wildman–Crippen MR) is 121 cm³/mol. The molecule has 32 heavy (non-hydrogen) atoms. The standard InChI is InChI=1S/C25H19BrFN5/c26-17-6-7-22(27)19(10-17)23-20-13-32(12-16-4-2-1-3-5-16)9-8-18(20)24(31)21(11-28)25(23,14-29)15-30/h1-8,10,20,23H,9,12-13,31H2. The molecule has 2 aromatic carbocycles. The molecule has 1 heterocycles. The Kier molecular flexibility index (Phi) is 5.85. The molecular formula is C25H19BrFN5. The molecule has 0 fully saturated rings. The average Bonchev–Trinajstić information content (AvgIpc) is 2.81. The summed E-state index contributed by atoms with van der Waals surface area (Å²) in [6.45, 7) is 1.73. The van der Waals surface area contributed by atoms with E-state index in [0.717, 1.165) is 5.56 Å². The lowest BCUT2D eigenvalue weighted by Crippen LogP contribution is -2.47. The second kappa shape index (κ2) is 8.60. The minimum absolute atomic E-state index is 0.106. The van der Waals surface area contributed by atoms with E-state index in [0.29, 0.717) is 29.7 Å². The molecule has 0 amide bonds. The van der Waals surface area contributed by atoms with E-state index in [4.69, 9.17) is 5.73 Å². The highest BCUT2D eigenvalue weighted by molar-refractivity contribution is 9.10. The summed E-state index contributed by atoms with van der Waals surface area (Å²) in [6.07, 6.45) is 1.94. The molecule has 2 N–H and O–H groups in total. The van der Waals surface area contributed by atoms with E-state index in [1.54, 1.807) is 12.1 Å². The highest BCUT2D eigenvalue weighted by Gasteiger charge is 2.55. The van der Waals surface area contributed by atoms with Crippen molar-refractivity contribution in [3.05, 3.63) is 92.9 Å². The third-order valence-corrected chi connectivity index (χ3v) is 6.77. The normalized spacial score (nSPS) is 22.2. The summed E-state index contributed by atoms with van der Waals surface area (Å²) in [6, 6.07) is 20.5. The number of benzene rings is 2. The van der Waals surface area contributed by atoms with Crippen LogP contribution in [0.1, 0.15) is 17.0 Å². The molecule has 158 valence electrons. The highest BCUT2D eigenvalue weighted by atomic mass is 79.9. The second-order valence-electron chi connectivity index (χ2n) is 8.02. The minimum Gasteiger partial charge on any atom is -0.398 e. The maximum Gasteiger partial charge on any atom is 0.187 e. The van der Waals surface area contributed by atoms with Crippen molar-refractivity contribution in [2.75, 3.05) is 13.1 Å². The molecule has 0 spiro atoms. The number of fused-ring (bicyclic) bond motifs is 1. The van der Waals surface area contributed by atoms with Crippen molar-refractivity contribution >= 4 is 15.9 Å². The summed E-state index contributed by atoms with van der Waals surface area (Å²) in [7, 11) is 0. The van der Waals surface area contributed by atoms with E-state index in [-0.39, 0.29) is 16.8 Å². The first-order valence-electron chi connectivity index (χ1n) is 10.1. The van der Waals surface area contributed by atoms with Gasteiger partial charge in [0.05, 0.1) is 29.5 Å². The summed E-state index contributed by atoms with van der Waals surface area (Å²) < 4.78 is 15.7. The quantitative estimate of drug-likeness (QED) is 0.685. The number of allylic oxidation sites excluding steroid dienone is 2. The molecule has 1 aliphatic heterocycles. The molecule has 1 aliphatic carbocycles. The van der Waals surface area contributed by atoms with E-state index in [9.17, 15) is 15.8 Å². The molecule has 2 atom stereocenters. The fourth-order valence-electron chi connectivity index (χ4n) is 4.84. The minimum atomic E-state index is -1.89. The molecule has 2 aromatic rings. The van der Waals surface area contributed by atoms with Crippen LogP contribution >= 0.6 is 15.9 Å². The molecular weight excluding hydrogens is 469 g/mol. The van der Waals surface area contributed by atoms with Gasteiger partial charge in [-0.25, -0.2) is 4.39 Å². The van der Waals surface area contributed by atoms with Crippen LogP contribution in [0.4, 0.5) is 4.39 Å². The summed E-state index contributed by atoms with van der Waals surface area (Å²) >= 11 is 3.37. The molecule has 0 aromatic heterocycles. The molecule has 4 rings (SSSR count). The molecule has 0 bridgehead atoms. The van der Waals surface area contributed by atoms with Crippen LogP contribution < -0.4 is 5.73 Å². The van der Waals surface area contributed by atoms with E-state index in [1.165, 1.54) is 6.07 Å². The summed E-state index contributed by atoms with van der Waals surface area (Å²) in [4.78, 5) is 2.18. The van der Waals surface area contributed by atoms with Crippen LogP contribution in [-0.2, 0) is 6.54 Å². The zero-order chi connectivity index (χ0) is 22.9. The van der Waals surface area contributed by atoms with Crippen LogP contribution in [0.15, 0.2) is 75.9 Å². The van der Waals surface area contributed by atoms with Gasteiger partial charge in [0.25, 0.3) is 0 Å². The van der Waals surface area contributed by atoms with E-state index >= 15 is 4.39 Å². The van der Waals surface area contributed by atoms with Gasteiger partial charge < -0.3 is 5.73 Å². The molecule has 7 heteroatoms. The van der Waals surface area contributed by atoms with Crippen molar-refractivity contribution in [3.63, 3.8) is 0 Å². The van der Waals surface area contributed by atoms with Crippen molar-refractivity contribution in [1.82, 2.24) is 4.90 Å². The molecule has 0 saturated carbocycles. The summed E-state index contributed by atoms with van der Waals surface area (Å²) in [5, 5.41) is 30.2. The molecule has 0 radical (unpaired) electrons. The third kappa shape index (κ3) is 3.49. The van der Waals surface area contributed by atoms with Gasteiger partial charge in [-0.05, 0) is 34.9 Å². The first-order valence-corrected chi connectivity index (χ1v) is 10.9. The molecule has 2 unspecified atom stereocenters. The van der Waals surface area contributed by atoms with Crippen LogP contribution in [-0.4, -0.2) is 18.0 Å². The van der Waals surface area contributed by atoms with Crippen LogP contribution in [0.5, 0.6) is 0 Å². The van der Waals surface area contributed by atoms with Gasteiger partial charge in [0, 0.05) is 35.9 Å². The Labute approximate surface area is 194 Å². The van der Waals surface area contributed by atoms with Crippen molar-refractivity contribution < 1.29 is 4.39 Å². The third-order valence-electron chi connectivity index (χ3n) is 6.27. The van der Waals surface area contributed by atoms with Gasteiger partial charge in [0.15, 0.2) is 5.41 Å². The van der Waals surface area contributed by atoms with E-state index in [1.807, 2.05) is 54.6 Å². The largest absolute Gasteiger partial charge is 0.398 e. The van der Waals surface area contributed by atoms with Gasteiger partial charge in [-0.1, -0.05) is 52.3 Å². The first kappa shape index (κ1) is 21.8. The zero-order valence-corrected chi connectivity index (χ0v) is 18.7. The van der Waals surface area contributed by atoms with E-state index < -0.39 is 23.1 Å². The number of rotatable bonds is 3. The smallest absolute Gasteiger partial charge is 0.187 e. The lowest BCUT2D eigenvalue weighted by atomic mass is 9.57. The fourth-order valence-corrected chi connectivity index (χ4v) is 5.22. The Morgan fingerprint density at radius 3 is 2.50 bits per heavy atom. The first-order chi connectivity index (χ1) is 15.4. The topological polar surface area (TPSA) is 101 Å². The predicted octanol–water partition coefficient (Wildman–Crippen LogP) is 4.51. The lowest BCUT2D eigenvalue weighted by Gasteiger charge is -2.45. The van der Waals surface area contributed by atoms with Gasteiger partial charge in [0.2, 0.25) is 0 Å². The molecule has 5 nitrogen and oxygen atoms in total. The van der Waals surface area contributed by atoms with Crippen LogP contribution in [0.2, 0.25) is 0 Å². The van der Waals surface area contributed by atoms with Crippen molar-refractivity contribution in [1.29, 1.82) is 15.8 Å². The zero-order valence-electron chi connectivity index (χ0n) is 17.1. The van der Waals surface area contributed by atoms with Crippen LogP contribution in [0, 0.1) is 51.1 Å². The number of nitriles is 3. The Morgan fingerprint density at radius 2 is 1.84 bits per heavy atom. The average molecular weight is 488 g/mol. The number of hydrogen-bond acceptors (Lipinski definition) is 5. The van der Waals surface area contributed by atoms with Crippen molar-refractivity contribution in [2.45, 2.75) is 12.5 Å². The number of nitrogens with zero attached hydrogens (tertiary/aromatic N) is 4. The number of hydrogen-bond donors (Lipinski definition) is 1. The fraction of sp³-hybridized carbons (Fsp3) is 0.240. The summed E-state index contributed by atoms with van der Waals surface area (Å²) in [5.74, 6) is -1.83. The molecule has 2 aliphatic rings. The highest BCUT2D eigenvalue weighted by Crippen LogP contribution is 2.55.